The number of hydrogen-bond donors (Lipinski definition) is 1. The van der Waals surface area contributed by atoms with E-state index in [1.54, 1.807) is 0 Å². The number of nitrogens with one attached hydrogen (secondary N) is 1. The Morgan fingerprint density at radius 3 is 2.58 bits per heavy atom. The number of rotatable bonds is 5. The molecule has 0 aliphatic carbocycles. The molecule has 2 heterocycles. The highest BCUT2D eigenvalue weighted by molar-refractivity contribution is 6.31. The summed E-state index contributed by atoms with van der Waals surface area (Å²) in [6.45, 7) is 4.53. The zero-order chi connectivity index (χ0) is 16.8. The van der Waals surface area contributed by atoms with Crippen molar-refractivity contribution in [1.29, 1.82) is 0 Å². The van der Waals surface area contributed by atoms with Gasteiger partial charge in [-0.2, -0.15) is 0 Å². The molecule has 2 fully saturated rings. The van der Waals surface area contributed by atoms with Gasteiger partial charge >= 0.3 is 0 Å². The minimum Gasteiger partial charge on any atom is -0.381 e. The standard InChI is InChI=1S/C19H27ClN2O2/c20-18-4-2-1-3-16(18)14-22-9-5-15(6-10-22)13-19(23)21-17-7-11-24-12-8-17/h1-4,15,17H,5-14H2,(H,21,23). The predicted molar refractivity (Wildman–Crippen MR) is 96.1 cm³/mol. The molecular formula is C19H27ClN2O2. The number of amides is 1. The molecule has 0 spiro atoms. The van der Waals surface area contributed by atoms with Crippen molar-refractivity contribution in [3.8, 4) is 0 Å². The van der Waals surface area contributed by atoms with Crippen LogP contribution in [-0.2, 0) is 16.1 Å². The highest BCUT2D eigenvalue weighted by Gasteiger charge is 2.23. The van der Waals surface area contributed by atoms with Gasteiger partial charge in [-0.3, -0.25) is 9.69 Å². The van der Waals surface area contributed by atoms with Gasteiger partial charge in [-0.1, -0.05) is 29.8 Å². The number of ether oxygens (including phenoxy) is 1. The summed E-state index contributed by atoms with van der Waals surface area (Å²) >= 11 is 6.25. The number of hydrogen-bond acceptors (Lipinski definition) is 3. The Labute approximate surface area is 149 Å². The Hall–Kier alpha value is -1.10. The molecule has 0 unspecified atom stereocenters. The van der Waals surface area contributed by atoms with Gasteiger partial charge in [-0.25, -0.2) is 0 Å². The lowest BCUT2D eigenvalue weighted by molar-refractivity contribution is -0.123. The van der Waals surface area contributed by atoms with Crippen molar-refractivity contribution < 1.29 is 9.53 Å². The van der Waals surface area contributed by atoms with Crippen LogP contribution in [0.2, 0.25) is 5.02 Å². The lowest BCUT2D eigenvalue weighted by Crippen LogP contribution is -2.41. The molecule has 2 aliphatic heterocycles. The van der Waals surface area contributed by atoms with Gasteiger partial charge in [0.05, 0.1) is 0 Å². The van der Waals surface area contributed by atoms with Crippen LogP contribution in [0.4, 0.5) is 0 Å². The van der Waals surface area contributed by atoms with Crippen molar-refractivity contribution in [3.05, 3.63) is 34.9 Å². The number of piperidine rings is 1. The fourth-order valence-corrected chi connectivity index (χ4v) is 3.80. The number of nitrogens with zero attached hydrogens (tertiary/aromatic N) is 1. The molecule has 0 radical (unpaired) electrons. The summed E-state index contributed by atoms with van der Waals surface area (Å²) in [5.41, 5.74) is 1.19. The topological polar surface area (TPSA) is 41.6 Å². The number of benzene rings is 1. The quantitative estimate of drug-likeness (QED) is 0.886. The first kappa shape index (κ1) is 17.7. The maximum absolute atomic E-state index is 12.2. The highest BCUT2D eigenvalue weighted by Crippen LogP contribution is 2.24. The Balaban J connectivity index is 1.38. The average molecular weight is 351 g/mol. The Morgan fingerprint density at radius 1 is 1.17 bits per heavy atom. The van der Waals surface area contributed by atoms with E-state index in [1.165, 1.54) is 5.56 Å². The van der Waals surface area contributed by atoms with Gasteiger partial charge in [0.15, 0.2) is 0 Å². The molecule has 1 N–H and O–H groups in total. The average Bonchev–Trinajstić information content (AvgIpc) is 2.59. The summed E-state index contributed by atoms with van der Waals surface area (Å²) in [5.74, 6) is 0.721. The summed E-state index contributed by atoms with van der Waals surface area (Å²) in [6, 6.07) is 8.36. The lowest BCUT2D eigenvalue weighted by Gasteiger charge is -2.32. The molecule has 24 heavy (non-hydrogen) atoms. The number of halogens is 1. The van der Waals surface area contributed by atoms with E-state index in [4.69, 9.17) is 16.3 Å². The van der Waals surface area contributed by atoms with E-state index in [0.717, 1.165) is 63.6 Å². The molecule has 1 aromatic rings. The Kier molecular flexibility index (Phi) is 6.52. The van der Waals surface area contributed by atoms with E-state index in [-0.39, 0.29) is 5.91 Å². The van der Waals surface area contributed by atoms with Gasteiger partial charge in [-0.05, 0) is 56.3 Å². The molecule has 1 amide bonds. The van der Waals surface area contributed by atoms with Crippen molar-refractivity contribution >= 4 is 17.5 Å². The zero-order valence-corrected chi connectivity index (χ0v) is 14.9. The van der Waals surface area contributed by atoms with E-state index in [2.05, 4.69) is 16.3 Å². The molecular weight excluding hydrogens is 324 g/mol. The maximum atomic E-state index is 12.2. The van der Waals surface area contributed by atoms with Crippen molar-refractivity contribution in [3.63, 3.8) is 0 Å². The largest absolute Gasteiger partial charge is 0.381 e. The van der Waals surface area contributed by atoms with Crippen LogP contribution in [0.25, 0.3) is 0 Å². The lowest BCUT2D eigenvalue weighted by atomic mass is 9.92. The first-order valence-electron chi connectivity index (χ1n) is 9.03. The van der Waals surface area contributed by atoms with Gasteiger partial charge in [0.2, 0.25) is 5.91 Å². The molecule has 3 rings (SSSR count). The normalized spacial score (nSPS) is 20.9. The SMILES string of the molecule is O=C(CC1CCN(Cc2ccccc2Cl)CC1)NC1CCOCC1. The molecule has 132 valence electrons. The predicted octanol–water partition coefficient (Wildman–Crippen LogP) is 3.24. The molecule has 0 bridgehead atoms. The van der Waals surface area contributed by atoms with Crippen molar-refractivity contribution in [2.24, 2.45) is 5.92 Å². The summed E-state index contributed by atoms with van der Waals surface area (Å²) in [6.07, 6.45) is 4.73. The first-order chi connectivity index (χ1) is 11.7. The molecule has 0 atom stereocenters. The third kappa shape index (κ3) is 5.20. The second-order valence-corrected chi connectivity index (χ2v) is 7.38. The minimum absolute atomic E-state index is 0.214. The van der Waals surface area contributed by atoms with Crippen LogP contribution in [-0.4, -0.2) is 43.2 Å². The third-order valence-electron chi connectivity index (χ3n) is 5.12. The van der Waals surface area contributed by atoms with Crippen molar-refractivity contribution in [1.82, 2.24) is 10.2 Å². The second-order valence-electron chi connectivity index (χ2n) is 6.97. The first-order valence-corrected chi connectivity index (χ1v) is 9.41. The Bertz CT molecular complexity index is 538. The van der Waals surface area contributed by atoms with E-state index >= 15 is 0 Å². The fraction of sp³-hybridized carbons (Fsp3) is 0.632. The zero-order valence-electron chi connectivity index (χ0n) is 14.2. The van der Waals surface area contributed by atoms with Gasteiger partial charge in [0, 0.05) is 37.2 Å². The molecule has 2 saturated heterocycles. The van der Waals surface area contributed by atoms with Crippen LogP contribution in [0.3, 0.4) is 0 Å². The van der Waals surface area contributed by atoms with E-state index in [0.29, 0.717) is 18.4 Å². The van der Waals surface area contributed by atoms with Crippen LogP contribution in [0.5, 0.6) is 0 Å². The van der Waals surface area contributed by atoms with Crippen LogP contribution in [0.15, 0.2) is 24.3 Å². The van der Waals surface area contributed by atoms with E-state index in [1.807, 2.05) is 18.2 Å². The van der Waals surface area contributed by atoms with Crippen molar-refractivity contribution in [2.45, 2.75) is 44.7 Å². The van der Waals surface area contributed by atoms with E-state index in [9.17, 15) is 4.79 Å². The summed E-state index contributed by atoms with van der Waals surface area (Å²) in [5, 5.41) is 4.02. The number of carbonyl (C=O) groups is 1. The molecule has 0 saturated carbocycles. The van der Waals surface area contributed by atoms with Gasteiger partial charge in [0.25, 0.3) is 0 Å². The smallest absolute Gasteiger partial charge is 0.220 e. The monoisotopic (exact) mass is 350 g/mol. The molecule has 0 aromatic heterocycles. The molecule has 5 heteroatoms. The van der Waals surface area contributed by atoms with Crippen LogP contribution in [0.1, 0.15) is 37.7 Å². The molecule has 4 nitrogen and oxygen atoms in total. The van der Waals surface area contributed by atoms with Gasteiger partial charge in [0.1, 0.15) is 0 Å². The number of likely N-dealkylation sites (tertiary alicyclic amines) is 1. The minimum atomic E-state index is 0.214. The maximum Gasteiger partial charge on any atom is 0.220 e. The highest BCUT2D eigenvalue weighted by atomic mass is 35.5. The summed E-state index contributed by atoms with van der Waals surface area (Å²) in [4.78, 5) is 14.7. The van der Waals surface area contributed by atoms with Gasteiger partial charge in [-0.15, -0.1) is 0 Å². The summed E-state index contributed by atoms with van der Waals surface area (Å²) in [7, 11) is 0. The third-order valence-corrected chi connectivity index (χ3v) is 5.49. The van der Waals surface area contributed by atoms with Crippen LogP contribution >= 0.6 is 11.6 Å². The second kappa shape index (κ2) is 8.84. The molecule has 1 aromatic carbocycles. The van der Waals surface area contributed by atoms with Crippen molar-refractivity contribution in [2.75, 3.05) is 26.3 Å². The molecule has 2 aliphatic rings. The van der Waals surface area contributed by atoms with E-state index < -0.39 is 0 Å². The fourth-order valence-electron chi connectivity index (χ4n) is 3.61. The van der Waals surface area contributed by atoms with Crippen LogP contribution in [0, 0.1) is 5.92 Å². The Morgan fingerprint density at radius 2 is 1.88 bits per heavy atom. The summed E-state index contributed by atoms with van der Waals surface area (Å²) < 4.78 is 5.33. The van der Waals surface area contributed by atoms with Crippen LogP contribution < -0.4 is 5.32 Å². The number of carbonyl (C=O) groups excluding carboxylic acids is 1. The van der Waals surface area contributed by atoms with Gasteiger partial charge < -0.3 is 10.1 Å².